The maximum Gasteiger partial charge on any atom is 0.416 e. The van der Waals surface area contributed by atoms with Crippen molar-refractivity contribution in [2.24, 2.45) is 5.73 Å². The predicted octanol–water partition coefficient (Wildman–Crippen LogP) is 4.67. The molecule has 0 bridgehead atoms. The third-order valence-corrected chi connectivity index (χ3v) is 4.61. The zero-order valence-electron chi connectivity index (χ0n) is 13.8. The van der Waals surface area contributed by atoms with E-state index in [2.05, 4.69) is 0 Å². The van der Waals surface area contributed by atoms with Gasteiger partial charge in [-0.3, -0.25) is 0 Å². The highest BCUT2D eigenvalue weighted by Gasteiger charge is 2.38. The lowest BCUT2D eigenvalue weighted by Crippen LogP contribution is -2.47. The lowest BCUT2D eigenvalue weighted by molar-refractivity contribution is -0.143. The van der Waals surface area contributed by atoms with Gasteiger partial charge in [-0.1, -0.05) is 0 Å². The number of hydrogen-bond donors (Lipinski definition) is 1. The Morgan fingerprint density at radius 3 is 1.80 bits per heavy atom. The SMILES string of the molecule is CN(C)[C@H]1C[C@@H](c2cc(C(F)(F)F)cc(C(F)(F)F)c2)CC[C@@H]1N.Cl. The van der Waals surface area contributed by atoms with Gasteiger partial charge in [-0.05, 0) is 63.0 Å². The predicted molar refractivity (Wildman–Crippen MR) is 85.7 cm³/mol. The zero-order valence-corrected chi connectivity index (χ0v) is 14.6. The molecule has 2 N–H and O–H groups in total. The van der Waals surface area contributed by atoms with Gasteiger partial charge < -0.3 is 10.6 Å². The molecular formula is C16H21ClF6N2. The first-order valence-electron chi connectivity index (χ1n) is 7.61. The Kier molecular flexibility index (Phi) is 6.81. The first-order valence-corrected chi connectivity index (χ1v) is 7.61. The van der Waals surface area contributed by atoms with E-state index in [0.717, 1.165) is 12.1 Å². The summed E-state index contributed by atoms with van der Waals surface area (Å²) in [5.41, 5.74) is 3.58. The van der Waals surface area contributed by atoms with Gasteiger partial charge in [0.25, 0.3) is 0 Å². The maximum atomic E-state index is 13.0. The molecule has 0 spiro atoms. The van der Waals surface area contributed by atoms with E-state index in [0.29, 0.717) is 19.3 Å². The largest absolute Gasteiger partial charge is 0.416 e. The van der Waals surface area contributed by atoms with E-state index in [-0.39, 0.29) is 42.0 Å². The van der Waals surface area contributed by atoms with Crippen LogP contribution in [0, 0.1) is 0 Å². The summed E-state index contributed by atoms with van der Waals surface area (Å²) in [5, 5.41) is 0. The van der Waals surface area contributed by atoms with Crippen molar-refractivity contribution < 1.29 is 26.3 Å². The average Bonchev–Trinajstić information content (AvgIpc) is 2.45. The Hall–Kier alpha value is -0.990. The van der Waals surface area contributed by atoms with Crippen molar-refractivity contribution in [3.05, 3.63) is 34.9 Å². The molecule has 0 saturated heterocycles. The fraction of sp³-hybridized carbons (Fsp3) is 0.625. The van der Waals surface area contributed by atoms with E-state index >= 15 is 0 Å². The summed E-state index contributed by atoms with van der Waals surface area (Å²) in [6.07, 6.45) is -8.16. The molecule has 1 saturated carbocycles. The molecule has 0 unspecified atom stereocenters. The van der Waals surface area contributed by atoms with Crippen molar-refractivity contribution in [3.8, 4) is 0 Å². The fourth-order valence-electron chi connectivity index (χ4n) is 3.28. The molecule has 9 heteroatoms. The van der Waals surface area contributed by atoms with Gasteiger partial charge in [0.05, 0.1) is 11.1 Å². The van der Waals surface area contributed by atoms with Crippen molar-refractivity contribution in [2.45, 2.75) is 49.6 Å². The van der Waals surface area contributed by atoms with Gasteiger partial charge >= 0.3 is 12.4 Å². The quantitative estimate of drug-likeness (QED) is 0.743. The van der Waals surface area contributed by atoms with E-state index < -0.39 is 23.5 Å². The summed E-state index contributed by atoms with van der Waals surface area (Å²) >= 11 is 0. The lowest BCUT2D eigenvalue weighted by atomic mass is 9.78. The number of alkyl halides is 6. The van der Waals surface area contributed by atoms with Gasteiger partial charge in [-0.15, -0.1) is 12.4 Å². The summed E-state index contributed by atoms with van der Waals surface area (Å²) < 4.78 is 77.8. The van der Waals surface area contributed by atoms with Gasteiger partial charge in [0, 0.05) is 12.1 Å². The van der Waals surface area contributed by atoms with Gasteiger partial charge in [0.15, 0.2) is 0 Å². The average molecular weight is 391 g/mol. The fourth-order valence-corrected chi connectivity index (χ4v) is 3.28. The number of likely N-dealkylation sites (N-methyl/N-ethyl adjacent to an activating group) is 1. The molecule has 3 atom stereocenters. The summed E-state index contributed by atoms with van der Waals surface area (Å²) in [6.45, 7) is 0. The number of hydrogen-bond acceptors (Lipinski definition) is 2. The molecule has 1 aliphatic rings. The number of rotatable bonds is 2. The molecule has 25 heavy (non-hydrogen) atoms. The molecule has 0 radical (unpaired) electrons. The van der Waals surface area contributed by atoms with Gasteiger partial charge in [-0.25, -0.2) is 0 Å². The second-order valence-corrected chi connectivity index (χ2v) is 6.54. The molecule has 144 valence electrons. The highest BCUT2D eigenvalue weighted by molar-refractivity contribution is 5.85. The van der Waals surface area contributed by atoms with Crippen molar-refractivity contribution in [1.82, 2.24) is 4.90 Å². The molecule has 2 nitrogen and oxygen atoms in total. The van der Waals surface area contributed by atoms with Crippen LogP contribution in [0.2, 0.25) is 0 Å². The van der Waals surface area contributed by atoms with Crippen LogP contribution in [0.15, 0.2) is 18.2 Å². The topological polar surface area (TPSA) is 29.3 Å². The normalized spacial score (nSPS) is 25.0. The summed E-state index contributed by atoms with van der Waals surface area (Å²) in [4.78, 5) is 1.87. The Morgan fingerprint density at radius 1 is 0.920 bits per heavy atom. The minimum Gasteiger partial charge on any atom is -0.326 e. The van der Waals surface area contributed by atoms with Gasteiger partial charge in [-0.2, -0.15) is 26.3 Å². The molecule has 1 fully saturated rings. The summed E-state index contributed by atoms with van der Waals surface area (Å²) in [6, 6.07) is 1.63. The monoisotopic (exact) mass is 390 g/mol. The van der Waals surface area contributed by atoms with Crippen molar-refractivity contribution >= 4 is 12.4 Å². The van der Waals surface area contributed by atoms with E-state index in [1.165, 1.54) is 0 Å². The maximum absolute atomic E-state index is 13.0. The first kappa shape index (κ1) is 22.1. The number of nitrogens with two attached hydrogens (primary N) is 1. The minimum atomic E-state index is -4.82. The lowest BCUT2D eigenvalue weighted by Gasteiger charge is -2.38. The molecule has 1 aromatic rings. The molecule has 0 amide bonds. The van der Waals surface area contributed by atoms with Crippen LogP contribution in [0.1, 0.15) is 41.9 Å². The molecule has 0 aromatic heterocycles. The van der Waals surface area contributed by atoms with E-state index in [1.54, 1.807) is 14.1 Å². The standard InChI is InChI=1S/C16H20F6N2.ClH/c1-24(2)14-7-9(3-4-13(14)23)10-5-11(15(17,18)19)8-12(6-10)16(20,21)22;/h5-6,8-9,13-14H,3-4,7,23H2,1-2H3;1H/t9-,13-,14-;/m0./s1. The Labute approximate surface area is 148 Å². The van der Waals surface area contributed by atoms with Crippen LogP contribution in [-0.2, 0) is 12.4 Å². The van der Waals surface area contributed by atoms with Crippen molar-refractivity contribution in [1.29, 1.82) is 0 Å². The molecule has 1 aromatic carbocycles. The van der Waals surface area contributed by atoms with Crippen LogP contribution in [0.3, 0.4) is 0 Å². The summed E-state index contributed by atoms with van der Waals surface area (Å²) in [7, 11) is 3.61. The molecule has 2 rings (SSSR count). The van der Waals surface area contributed by atoms with E-state index in [9.17, 15) is 26.3 Å². The van der Waals surface area contributed by atoms with Gasteiger partial charge in [0.1, 0.15) is 0 Å². The third kappa shape index (κ3) is 5.24. The highest BCUT2D eigenvalue weighted by Crippen LogP contribution is 2.41. The Balaban J connectivity index is 0.00000312. The third-order valence-electron chi connectivity index (χ3n) is 4.61. The molecule has 0 heterocycles. The van der Waals surface area contributed by atoms with Crippen LogP contribution in [0.4, 0.5) is 26.3 Å². The van der Waals surface area contributed by atoms with Crippen LogP contribution >= 0.6 is 12.4 Å². The molecular weight excluding hydrogens is 370 g/mol. The Morgan fingerprint density at radius 2 is 1.40 bits per heavy atom. The zero-order chi connectivity index (χ0) is 18.3. The van der Waals surface area contributed by atoms with Crippen LogP contribution < -0.4 is 5.73 Å². The van der Waals surface area contributed by atoms with Crippen LogP contribution in [-0.4, -0.2) is 31.1 Å². The second-order valence-electron chi connectivity index (χ2n) is 6.54. The highest BCUT2D eigenvalue weighted by atomic mass is 35.5. The first-order chi connectivity index (χ1) is 10.9. The number of benzene rings is 1. The second kappa shape index (κ2) is 7.72. The minimum absolute atomic E-state index is 0. The smallest absolute Gasteiger partial charge is 0.326 e. The summed E-state index contributed by atoms with van der Waals surface area (Å²) in [5.74, 6) is -0.374. The molecule has 1 aliphatic carbocycles. The van der Waals surface area contributed by atoms with Crippen LogP contribution in [0.5, 0.6) is 0 Å². The van der Waals surface area contributed by atoms with Crippen LogP contribution in [0.25, 0.3) is 0 Å². The number of nitrogens with zero attached hydrogens (tertiary/aromatic N) is 1. The van der Waals surface area contributed by atoms with Crippen molar-refractivity contribution in [2.75, 3.05) is 14.1 Å². The van der Waals surface area contributed by atoms with E-state index in [1.807, 2.05) is 4.90 Å². The molecule has 0 aliphatic heterocycles. The van der Waals surface area contributed by atoms with Gasteiger partial charge in [0.2, 0.25) is 0 Å². The van der Waals surface area contributed by atoms with Crippen molar-refractivity contribution in [3.63, 3.8) is 0 Å². The Bertz CT molecular complexity index is 553. The number of halogens is 7. The van der Waals surface area contributed by atoms with E-state index in [4.69, 9.17) is 5.73 Å².